The van der Waals surface area contributed by atoms with Gasteiger partial charge in [0.15, 0.2) is 0 Å². The Morgan fingerprint density at radius 2 is 1.81 bits per heavy atom. The number of hydrogen-bond acceptors (Lipinski definition) is 4. The first-order valence-electron chi connectivity index (χ1n) is 12.3. The number of rotatable bonds is 4. The molecule has 0 unspecified atom stereocenters. The number of carbonyl (C=O) groups excluding carboxylic acids is 2. The van der Waals surface area contributed by atoms with Crippen LogP contribution in [0.3, 0.4) is 0 Å². The van der Waals surface area contributed by atoms with E-state index in [1.165, 1.54) is 0 Å². The maximum Gasteiger partial charge on any atom is 0.251 e. The highest BCUT2D eigenvalue weighted by atomic mass is 16.2. The lowest BCUT2D eigenvalue weighted by molar-refractivity contribution is -0.137. The molecule has 2 atom stereocenters. The van der Waals surface area contributed by atoms with Gasteiger partial charge >= 0.3 is 0 Å². The Balaban J connectivity index is 1.43. The van der Waals surface area contributed by atoms with Crippen LogP contribution >= 0.6 is 0 Å². The number of likely N-dealkylation sites (tertiary alicyclic amines) is 2. The highest BCUT2D eigenvalue weighted by Gasteiger charge is 2.31. The van der Waals surface area contributed by atoms with Gasteiger partial charge in [0.1, 0.15) is 5.82 Å². The number of aromatic nitrogens is 2. The van der Waals surface area contributed by atoms with Gasteiger partial charge in [-0.1, -0.05) is 26.0 Å². The lowest BCUT2D eigenvalue weighted by Crippen LogP contribution is -2.43. The maximum absolute atomic E-state index is 13.0. The number of piperidine rings is 2. The Hall–Kier alpha value is -2.44. The average Bonchev–Trinajstić information content (AvgIpc) is 2.83. The van der Waals surface area contributed by atoms with Crippen molar-refractivity contribution in [3.63, 3.8) is 0 Å². The van der Waals surface area contributed by atoms with Crippen LogP contribution in [-0.4, -0.2) is 57.8 Å². The van der Waals surface area contributed by atoms with Crippen LogP contribution in [0.25, 0.3) is 0 Å². The fourth-order valence-corrected chi connectivity index (χ4v) is 5.33. The van der Waals surface area contributed by atoms with Crippen molar-refractivity contribution >= 4 is 11.8 Å². The summed E-state index contributed by atoms with van der Waals surface area (Å²) in [5.74, 6) is 1.56. The van der Waals surface area contributed by atoms with Gasteiger partial charge in [-0.15, -0.1) is 0 Å². The SMILES string of the molecule is CC(C)C(=O)N1CCC(c2nc([C@H]3CCCN(C(=O)[C@@H]4CC=CCC4)C3)cc(=O)[nH]2)CC1. The summed E-state index contributed by atoms with van der Waals surface area (Å²) in [6.45, 7) is 6.72. The van der Waals surface area contributed by atoms with Gasteiger partial charge < -0.3 is 14.8 Å². The molecule has 1 aromatic rings. The number of amides is 2. The predicted octanol–water partition coefficient (Wildman–Crippen LogP) is 3.19. The van der Waals surface area contributed by atoms with Gasteiger partial charge in [-0.05, 0) is 44.9 Å². The predicted molar refractivity (Wildman–Crippen MR) is 123 cm³/mol. The highest BCUT2D eigenvalue weighted by molar-refractivity contribution is 5.79. The van der Waals surface area contributed by atoms with E-state index in [0.29, 0.717) is 19.6 Å². The second-order valence-electron chi connectivity index (χ2n) is 9.91. The summed E-state index contributed by atoms with van der Waals surface area (Å²) >= 11 is 0. The fraction of sp³-hybridized carbons (Fsp3) is 0.680. The Labute approximate surface area is 190 Å². The summed E-state index contributed by atoms with van der Waals surface area (Å²) < 4.78 is 0. The van der Waals surface area contributed by atoms with Gasteiger partial charge in [-0.25, -0.2) is 4.98 Å². The molecule has 0 aromatic carbocycles. The number of H-pyrrole nitrogens is 1. The second kappa shape index (κ2) is 10.0. The Morgan fingerprint density at radius 3 is 2.50 bits per heavy atom. The molecule has 3 heterocycles. The summed E-state index contributed by atoms with van der Waals surface area (Å²) in [5, 5.41) is 0. The molecule has 7 nitrogen and oxygen atoms in total. The molecule has 2 aliphatic heterocycles. The molecular weight excluding hydrogens is 404 g/mol. The van der Waals surface area contributed by atoms with Crippen molar-refractivity contribution in [2.45, 2.75) is 70.6 Å². The molecule has 1 aliphatic carbocycles. The van der Waals surface area contributed by atoms with E-state index in [1.807, 2.05) is 23.6 Å². The van der Waals surface area contributed by atoms with E-state index in [4.69, 9.17) is 4.98 Å². The number of allylic oxidation sites excluding steroid dienone is 2. The van der Waals surface area contributed by atoms with Crippen molar-refractivity contribution in [1.29, 1.82) is 0 Å². The van der Waals surface area contributed by atoms with Crippen molar-refractivity contribution in [2.24, 2.45) is 11.8 Å². The summed E-state index contributed by atoms with van der Waals surface area (Å²) in [5.41, 5.74) is 0.692. The van der Waals surface area contributed by atoms with Gasteiger partial charge in [-0.3, -0.25) is 14.4 Å². The lowest BCUT2D eigenvalue weighted by Gasteiger charge is -2.35. The minimum absolute atomic E-state index is 0.00870. The number of nitrogens with zero attached hydrogens (tertiary/aromatic N) is 3. The zero-order valence-corrected chi connectivity index (χ0v) is 19.4. The van der Waals surface area contributed by atoms with E-state index < -0.39 is 0 Å². The van der Waals surface area contributed by atoms with E-state index in [0.717, 1.165) is 63.0 Å². The molecule has 2 fully saturated rings. The van der Waals surface area contributed by atoms with Crippen molar-refractivity contribution in [2.75, 3.05) is 26.2 Å². The van der Waals surface area contributed by atoms with Gasteiger partial charge in [-0.2, -0.15) is 0 Å². The standard InChI is InChI=1S/C25H36N4O3/c1-17(2)24(31)28-13-10-18(11-14-28)23-26-21(15-22(30)27-23)20-9-6-12-29(16-20)25(32)19-7-4-3-5-8-19/h3-4,15,17-20H,5-14,16H2,1-2H3,(H,26,27,30)/t19-,20+/m1/s1. The minimum Gasteiger partial charge on any atom is -0.342 e. The molecule has 1 N–H and O–H groups in total. The molecule has 32 heavy (non-hydrogen) atoms. The molecule has 0 radical (unpaired) electrons. The van der Waals surface area contributed by atoms with Crippen LogP contribution < -0.4 is 5.56 Å². The summed E-state index contributed by atoms with van der Waals surface area (Å²) in [6, 6.07) is 1.61. The Kier molecular flexibility index (Phi) is 7.11. The van der Waals surface area contributed by atoms with Crippen molar-refractivity contribution < 1.29 is 9.59 Å². The average molecular weight is 441 g/mol. The molecular formula is C25H36N4O3. The maximum atomic E-state index is 13.0. The number of aromatic amines is 1. The van der Waals surface area contributed by atoms with Crippen LogP contribution in [0.1, 0.15) is 82.1 Å². The van der Waals surface area contributed by atoms with E-state index >= 15 is 0 Å². The van der Waals surface area contributed by atoms with Crippen LogP contribution in [0.15, 0.2) is 23.0 Å². The zero-order valence-electron chi connectivity index (χ0n) is 19.4. The first kappa shape index (κ1) is 22.7. The first-order valence-corrected chi connectivity index (χ1v) is 12.3. The largest absolute Gasteiger partial charge is 0.342 e. The topological polar surface area (TPSA) is 86.4 Å². The molecule has 174 valence electrons. The zero-order chi connectivity index (χ0) is 22.7. The normalized spacial score (nSPS) is 24.7. The molecule has 1 aromatic heterocycles. The molecule has 2 saturated heterocycles. The van der Waals surface area contributed by atoms with Crippen molar-refractivity contribution in [1.82, 2.24) is 19.8 Å². The van der Waals surface area contributed by atoms with Crippen LogP contribution in [0.4, 0.5) is 0 Å². The van der Waals surface area contributed by atoms with Crippen LogP contribution in [0.5, 0.6) is 0 Å². The molecule has 3 aliphatic rings. The van der Waals surface area contributed by atoms with Crippen LogP contribution in [-0.2, 0) is 9.59 Å². The van der Waals surface area contributed by atoms with E-state index in [1.54, 1.807) is 6.07 Å². The summed E-state index contributed by atoms with van der Waals surface area (Å²) in [7, 11) is 0. The summed E-state index contributed by atoms with van der Waals surface area (Å²) in [4.78, 5) is 49.5. The van der Waals surface area contributed by atoms with Gasteiger partial charge in [0.25, 0.3) is 5.56 Å². The highest BCUT2D eigenvalue weighted by Crippen LogP contribution is 2.30. The Morgan fingerprint density at radius 1 is 1.03 bits per heavy atom. The molecule has 7 heteroatoms. The van der Waals surface area contributed by atoms with Crippen LogP contribution in [0, 0.1) is 11.8 Å². The second-order valence-corrected chi connectivity index (χ2v) is 9.91. The first-order chi connectivity index (χ1) is 15.4. The Bertz CT molecular complexity index is 914. The van der Waals surface area contributed by atoms with Crippen molar-refractivity contribution in [3.8, 4) is 0 Å². The molecule has 0 bridgehead atoms. The third kappa shape index (κ3) is 5.13. The van der Waals surface area contributed by atoms with Crippen molar-refractivity contribution in [3.05, 3.63) is 40.1 Å². The molecule has 2 amide bonds. The van der Waals surface area contributed by atoms with Gasteiger partial charge in [0, 0.05) is 55.9 Å². The third-order valence-corrected chi connectivity index (χ3v) is 7.24. The number of carbonyl (C=O) groups is 2. The fourth-order valence-electron chi connectivity index (χ4n) is 5.33. The van der Waals surface area contributed by atoms with E-state index in [9.17, 15) is 14.4 Å². The molecule has 4 rings (SSSR count). The van der Waals surface area contributed by atoms with Crippen LogP contribution in [0.2, 0.25) is 0 Å². The van der Waals surface area contributed by atoms with E-state index in [2.05, 4.69) is 17.1 Å². The molecule has 0 saturated carbocycles. The lowest BCUT2D eigenvalue weighted by atomic mass is 9.89. The quantitative estimate of drug-likeness (QED) is 0.729. The number of hydrogen-bond donors (Lipinski definition) is 1. The minimum atomic E-state index is -0.119. The van der Waals surface area contributed by atoms with Gasteiger partial charge in [0.05, 0.1) is 5.69 Å². The molecule has 0 spiro atoms. The van der Waals surface area contributed by atoms with Gasteiger partial charge in [0.2, 0.25) is 11.8 Å². The monoisotopic (exact) mass is 440 g/mol. The third-order valence-electron chi connectivity index (χ3n) is 7.24. The summed E-state index contributed by atoms with van der Waals surface area (Å²) in [6.07, 6.45) is 10.6. The number of nitrogens with one attached hydrogen (secondary N) is 1. The smallest absolute Gasteiger partial charge is 0.251 e. The van der Waals surface area contributed by atoms with E-state index in [-0.39, 0.29) is 41.0 Å².